The van der Waals surface area contributed by atoms with Gasteiger partial charge in [0.1, 0.15) is 0 Å². The molecule has 1 N–H and O–H groups in total. The molecule has 2 aromatic rings. The van der Waals surface area contributed by atoms with Crippen LogP contribution in [0.5, 0.6) is 0 Å². The van der Waals surface area contributed by atoms with E-state index < -0.39 is 11.2 Å². The lowest BCUT2D eigenvalue weighted by molar-refractivity contribution is -0.0892. The van der Waals surface area contributed by atoms with Crippen molar-refractivity contribution in [3.05, 3.63) is 29.1 Å². The number of thiophene rings is 2. The maximum atomic E-state index is 10.2. The SMILES string of the molecule is CCCCCCc1ccc(-c2ccc([B]OC(C)(C)C(C)(C)O)s2)s1. The average molecular weight is 377 g/mol. The van der Waals surface area contributed by atoms with Crippen LogP contribution in [0.4, 0.5) is 0 Å². The van der Waals surface area contributed by atoms with Gasteiger partial charge in [0.15, 0.2) is 0 Å². The second kappa shape index (κ2) is 8.85. The smallest absolute Gasteiger partial charge is 0.341 e. The summed E-state index contributed by atoms with van der Waals surface area (Å²) in [7, 11) is 1.77. The van der Waals surface area contributed by atoms with Crippen molar-refractivity contribution in [3.63, 3.8) is 0 Å². The monoisotopic (exact) mass is 377 g/mol. The van der Waals surface area contributed by atoms with Crippen molar-refractivity contribution in [1.29, 1.82) is 0 Å². The third kappa shape index (κ3) is 5.95. The number of unbranched alkanes of at least 4 members (excludes halogenated alkanes) is 3. The highest BCUT2D eigenvalue weighted by Crippen LogP contribution is 2.32. The summed E-state index contributed by atoms with van der Waals surface area (Å²) >= 11 is 3.63. The highest BCUT2D eigenvalue weighted by Gasteiger charge is 2.35. The molecule has 0 atom stereocenters. The molecule has 0 amide bonds. The molecule has 0 saturated heterocycles. The normalized spacial score (nSPS) is 12.6. The highest BCUT2D eigenvalue weighted by molar-refractivity contribution is 7.27. The third-order valence-electron chi connectivity index (χ3n) is 4.75. The van der Waals surface area contributed by atoms with Gasteiger partial charge in [-0.3, -0.25) is 0 Å². The molecule has 5 heteroatoms. The summed E-state index contributed by atoms with van der Waals surface area (Å²) in [5.74, 6) is 0. The van der Waals surface area contributed by atoms with E-state index in [0.717, 1.165) is 4.78 Å². The van der Waals surface area contributed by atoms with Crippen molar-refractivity contribution in [2.45, 2.75) is 77.9 Å². The molecule has 2 rings (SSSR count). The number of hydrogen-bond acceptors (Lipinski definition) is 4. The average Bonchev–Trinajstić information content (AvgIpc) is 3.17. The highest BCUT2D eigenvalue weighted by atomic mass is 32.1. The van der Waals surface area contributed by atoms with Crippen LogP contribution in [0.3, 0.4) is 0 Å². The fourth-order valence-corrected chi connectivity index (χ4v) is 4.28. The lowest BCUT2D eigenvalue weighted by Gasteiger charge is -2.37. The Kier molecular flexibility index (Phi) is 7.33. The zero-order valence-corrected chi connectivity index (χ0v) is 17.7. The first-order chi connectivity index (χ1) is 11.7. The van der Waals surface area contributed by atoms with E-state index in [-0.39, 0.29) is 0 Å². The number of aliphatic hydroxyl groups is 1. The van der Waals surface area contributed by atoms with E-state index in [1.807, 2.05) is 25.2 Å². The van der Waals surface area contributed by atoms with Gasteiger partial charge < -0.3 is 9.76 Å². The molecule has 0 aliphatic carbocycles. The first-order valence-electron chi connectivity index (χ1n) is 9.15. The molecule has 0 aliphatic rings. The van der Waals surface area contributed by atoms with Crippen molar-refractivity contribution in [2.75, 3.05) is 0 Å². The summed E-state index contributed by atoms with van der Waals surface area (Å²) < 4.78 is 6.92. The van der Waals surface area contributed by atoms with E-state index in [9.17, 15) is 5.11 Å². The third-order valence-corrected chi connectivity index (χ3v) is 7.10. The minimum Gasteiger partial charge on any atom is -0.426 e. The Morgan fingerprint density at radius 1 is 0.960 bits per heavy atom. The van der Waals surface area contributed by atoms with E-state index in [2.05, 4.69) is 31.2 Å². The van der Waals surface area contributed by atoms with Gasteiger partial charge in [-0.05, 0) is 58.7 Å². The zero-order valence-electron chi connectivity index (χ0n) is 16.1. The van der Waals surface area contributed by atoms with Crippen molar-refractivity contribution < 1.29 is 9.76 Å². The Balaban J connectivity index is 1.92. The van der Waals surface area contributed by atoms with Crippen LogP contribution in [0.15, 0.2) is 24.3 Å². The van der Waals surface area contributed by atoms with Crippen molar-refractivity contribution in [2.24, 2.45) is 0 Å². The molecule has 2 nitrogen and oxygen atoms in total. The van der Waals surface area contributed by atoms with Gasteiger partial charge in [-0.2, -0.15) is 0 Å². The Bertz CT molecular complexity index is 653. The molecule has 1 radical (unpaired) electrons. The first kappa shape index (κ1) is 20.7. The van der Waals surface area contributed by atoms with Gasteiger partial charge in [0.25, 0.3) is 0 Å². The molecule has 0 spiro atoms. The lowest BCUT2D eigenvalue weighted by Crippen LogP contribution is -2.49. The van der Waals surface area contributed by atoms with Gasteiger partial charge in [0.05, 0.1) is 11.2 Å². The van der Waals surface area contributed by atoms with Crippen LogP contribution < -0.4 is 4.78 Å². The molecule has 2 aromatic heterocycles. The van der Waals surface area contributed by atoms with Crippen LogP contribution in [0.25, 0.3) is 9.75 Å². The summed E-state index contributed by atoms with van der Waals surface area (Å²) in [6.07, 6.45) is 6.44. The lowest BCUT2D eigenvalue weighted by atomic mass is 9.86. The van der Waals surface area contributed by atoms with Crippen LogP contribution in [0.1, 0.15) is 65.2 Å². The van der Waals surface area contributed by atoms with E-state index >= 15 is 0 Å². The summed E-state index contributed by atoms with van der Waals surface area (Å²) in [5.41, 5.74) is -1.53. The fraction of sp³-hybridized carbons (Fsp3) is 0.600. The summed E-state index contributed by atoms with van der Waals surface area (Å²) in [6.45, 7) is 9.61. The van der Waals surface area contributed by atoms with Gasteiger partial charge in [-0.1, -0.05) is 32.3 Å². The Labute approximate surface area is 161 Å². The molecule has 2 heterocycles. The first-order valence-corrected chi connectivity index (χ1v) is 10.8. The Morgan fingerprint density at radius 2 is 1.64 bits per heavy atom. The van der Waals surface area contributed by atoms with Gasteiger partial charge in [-0.25, -0.2) is 0 Å². The number of rotatable bonds is 10. The molecule has 0 aliphatic heterocycles. The Hall–Kier alpha value is -0.615. The second-order valence-electron chi connectivity index (χ2n) is 7.58. The summed E-state index contributed by atoms with van der Waals surface area (Å²) in [6, 6.07) is 8.74. The number of hydrogen-bond donors (Lipinski definition) is 1. The maximum Gasteiger partial charge on any atom is 0.341 e. The zero-order chi connectivity index (χ0) is 18.5. The quantitative estimate of drug-likeness (QED) is 0.443. The van der Waals surface area contributed by atoms with E-state index in [1.165, 1.54) is 46.7 Å². The topological polar surface area (TPSA) is 29.5 Å². The molecule has 0 fully saturated rings. The molecule has 0 bridgehead atoms. The molecule has 137 valence electrons. The van der Waals surface area contributed by atoms with Gasteiger partial charge in [0.2, 0.25) is 0 Å². The largest absolute Gasteiger partial charge is 0.426 e. The standard InChI is InChI=1S/C20H30BO2S2/c1-6-7-8-9-10-15-11-12-16(24-15)17-13-14-18(25-17)21-23-20(4,5)19(2,3)22/h11-14,22H,6-10H2,1-5H3. The van der Waals surface area contributed by atoms with Gasteiger partial charge >= 0.3 is 7.48 Å². The molecular weight excluding hydrogens is 347 g/mol. The minimum absolute atomic E-state index is 0.633. The van der Waals surface area contributed by atoms with Crippen molar-refractivity contribution in [1.82, 2.24) is 0 Å². The van der Waals surface area contributed by atoms with Gasteiger partial charge in [0, 0.05) is 19.4 Å². The second-order valence-corrected chi connectivity index (χ2v) is 9.87. The van der Waals surface area contributed by atoms with Crippen LogP contribution >= 0.6 is 22.7 Å². The van der Waals surface area contributed by atoms with E-state index in [4.69, 9.17) is 4.65 Å². The Morgan fingerprint density at radius 3 is 2.32 bits per heavy atom. The molecule has 0 aromatic carbocycles. The van der Waals surface area contributed by atoms with Crippen molar-refractivity contribution in [3.8, 4) is 9.75 Å². The van der Waals surface area contributed by atoms with Crippen LogP contribution in [0, 0.1) is 0 Å². The predicted octanol–water partition coefficient (Wildman–Crippen LogP) is 5.41. The van der Waals surface area contributed by atoms with E-state index in [0.29, 0.717) is 0 Å². The van der Waals surface area contributed by atoms with Crippen LogP contribution in [0.2, 0.25) is 0 Å². The summed E-state index contributed by atoms with van der Waals surface area (Å²) in [5, 5.41) is 10.2. The molecule has 0 saturated carbocycles. The summed E-state index contributed by atoms with van der Waals surface area (Å²) in [4.78, 5) is 4.09. The minimum atomic E-state index is -0.899. The molecular formula is C20H30BO2S2. The predicted molar refractivity (Wildman–Crippen MR) is 112 cm³/mol. The van der Waals surface area contributed by atoms with Crippen molar-refractivity contribution >= 4 is 34.9 Å². The number of aryl methyl sites for hydroxylation is 1. The van der Waals surface area contributed by atoms with E-state index in [1.54, 1.807) is 32.7 Å². The van der Waals surface area contributed by atoms with Gasteiger partial charge in [-0.15, -0.1) is 22.7 Å². The molecule has 25 heavy (non-hydrogen) atoms. The fourth-order valence-electron chi connectivity index (χ4n) is 2.27. The molecule has 0 unspecified atom stereocenters. The maximum absolute atomic E-state index is 10.2. The van der Waals surface area contributed by atoms with Crippen LogP contribution in [-0.4, -0.2) is 23.8 Å². The van der Waals surface area contributed by atoms with Crippen LogP contribution in [-0.2, 0) is 11.1 Å².